The van der Waals surface area contributed by atoms with Gasteiger partial charge in [-0.25, -0.2) is 4.39 Å². The summed E-state index contributed by atoms with van der Waals surface area (Å²) in [6.07, 6.45) is 1.92. The molecule has 0 radical (unpaired) electrons. The van der Waals surface area contributed by atoms with E-state index in [2.05, 4.69) is 0 Å². The lowest BCUT2D eigenvalue weighted by atomic mass is 10.2. The molecule has 0 aliphatic heterocycles. The standard InChI is InChI=1S/C19H16FNO2/c20-16-7-3-1-6-14(16)12-21(15-9-10-15)19(22)18-11-13-5-2-4-8-17(13)23-18/h1-8,11,15H,9-10,12H2. The first-order valence-electron chi connectivity index (χ1n) is 7.75. The number of furan rings is 1. The van der Waals surface area contributed by atoms with Crippen molar-refractivity contribution in [1.29, 1.82) is 0 Å². The van der Waals surface area contributed by atoms with E-state index in [0.717, 1.165) is 18.2 Å². The van der Waals surface area contributed by atoms with Crippen LogP contribution in [0.4, 0.5) is 4.39 Å². The van der Waals surface area contributed by atoms with Gasteiger partial charge in [-0.15, -0.1) is 0 Å². The predicted molar refractivity (Wildman–Crippen MR) is 85.5 cm³/mol. The Balaban J connectivity index is 1.64. The van der Waals surface area contributed by atoms with Gasteiger partial charge in [0.05, 0.1) is 0 Å². The van der Waals surface area contributed by atoms with Crippen LogP contribution in [0.5, 0.6) is 0 Å². The molecule has 4 heteroatoms. The maximum atomic E-state index is 13.9. The van der Waals surface area contributed by atoms with E-state index in [1.54, 1.807) is 29.2 Å². The number of carbonyl (C=O) groups excluding carboxylic acids is 1. The molecule has 1 amide bonds. The van der Waals surface area contributed by atoms with E-state index >= 15 is 0 Å². The van der Waals surface area contributed by atoms with Gasteiger partial charge < -0.3 is 9.32 Å². The van der Waals surface area contributed by atoms with Crippen molar-refractivity contribution < 1.29 is 13.6 Å². The highest BCUT2D eigenvalue weighted by Gasteiger charge is 2.34. The highest BCUT2D eigenvalue weighted by molar-refractivity contribution is 5.96. The summed E-state index contributed by atoms with van der Waals surface area (Å²) in [5.41, 5.74) is 1.22. The number of hydrogen-bond acceptors (Lipinski definition) is 2. The molecular formula is C19H16FNO2. The molecule has 0 bridgehead atoms. The van der Waals surface area contributed by atoms with Gasteiger partial charge in [-0.2, -0.15) is 0 Å². The lowest BCUT2D eigenvalue weighted by Gasteiger charge is -2.21. The fourth-order valence-electron chi connectivity index (χ4n) is 2.79. The first-order valence-corrected chi connectivity index (χ1v) is 7.75. The van der Waals surface area contributed by atoms with E-state index in [4.69, 9.17) is 4.42 Å². The largest absolute Gasteiger partial charge is 0.451 e. The maximum absolute atomic E-state index is 13.9. The van der Waals surface area contributed by atoms with Gasteiger partial charge in [-0.1, -0.05) is 36.4 Å². The number of halogens is 1. The molecule has 0 spiro atoms. The highest BCUT2D eigenvalue weighted by Crippen LogP contribution is 2.31. The third-order valence-electron chi connectivity index (χ3n) is 4.18. The summed E-state index contributed by atoms with van der Waals surface area (Å²) in [7, 11) is 0. The Morgan fingerprint density at radius 1 is 1.13 bits per heavy atom. The molecule has 4 rings (SSSR count). The summed E-state index contributed by atoms with van der Waals surface area (Å²) in [5.74, 6) is -0.142. The Morgan fingerprint density at radius 3 is 2.61 bits per heavy atom. The van der Waals surface area contributed by atoms with E-state index < -0.39 is 0 Å². The van der Waals surface area contributed by atoms with Crippen LogP contribution < -0.4 is 0 Å². The minimum absolute atomic E-state index is 0.174. The fraction of sp³-hybridized carbons (Fsp3) is 0.211. The van der Waals surface area contributed by atoms with Crippen LogP contribution in [0, 0.1) is 5.82 Å². The van der Waals surface area contributed by atoms with E-state index in [1.807, 2.05) is 24.3 Å². The van der Waals surface area contributed by atoms with Crippen LogP contribution in [0.25, 0.3) is 11.0 Å². The van der Waals surface area contributed by atoms with Gasteiger partial charge >= 0.3 is 0 Å². The van der Waals surface area contributed by atoms with Crippen molar-refractivity contribution in [1.82, 2.24) is 4.90 Å². The minimum atomic E-state index is -0.282. The summed E-state index contributed by atoms with van der Waals surface area (Å²) in [6.45, 7) is 0.271. The van der Waals surface area contributed by atoms with E-state index in [0.29, 0.717) is 16.9 Å². The molecule has 3 aromatic rings. The van der Waals surface area contributed by atoms with Gasteiger partial charge in [0.1, 0.15) is 11.4 Å². The molecule has 23 heavy (non-hydrogen) atoms. The molecule has 1 fully saturated rings. The Bertz CT molecular complexity index is 833. The molecule has 1 aliphatic rings. The average Bonchev–Trinajstić information content (AvgIpc) is 3.31. The number of rotatable bonds is 4. The van der Waals surface area contributed by atoms with E-state index in [1.165, 1.54) is 6.07 Å². The molecule has 0 atom stereocenters. The van der Waals surface area contributed by atoms with E-state index in [9.17, 15) is 9.18 Å². The molecular weight excluding hydrogens is 293 g/mol. The molecule has 0 N–H and O–H groups in total. The Labute approximate surface area is 133 Å². The van der Waals surface area contributed by atoms with Crippen molar-refractivity contribution in [2.24, 2.45) is 0 Å². The Hall–Kier alpha value is -2.62. The first-order chi connectivity index (χ1) is 11.2. The molecule has 116 valence electrons. The third kappa shape index (κ3) is 2.72. The summed E-state index contributed by atoms with van der Waals surface area (Å²) in [5, 5.41) is 0.900. The monoisotopic (exact) mass is 309 g/mol. The third-order valence-corrected chi connectivity index (χ3v) is 4.18. The van der Waals surface area contributed by atoms with Crippen LogP contribution in [0.15, 0.2) is 59.0 Å². The Morgan fingerprint density at radius 2 is 1.87 bits per heavy atom. The molecule has 1 heterocycles. The van der Waals surface area contributed by atoms with Crippen molar-refractivity contribution in [3.63, 3.8) is 0 Å². The van der Waals surface area contributed by atoms with Crippen molar-refractivity contribution in [2.75, 3.05) is 0 Å². The fourth-order valence-corrected chi connectivity index (χ4v) is 2.79. The molecule has 1 saturated carbocycles. The summed E-state index contributed by atoms with van der Waals surface area (Å²) < 4.78 is 19.6. The van der Waals surface area contributed by atoms with Crippen molar-refractivity contribution in [3.05, 3.63) is 71.7 Å². The van der Waals surface area contributed by atoms with Gasteiger partial charge in [0.15, 0.2) is 5.76 Å². The second kappa shape index (κ2) is 5.54. The lowest BCUT2D eigenvalue weighted by Crippen LogP contribution is -2.32. The number of amides is 1. The zero-order valence-electron chi connectivity index (χ0n) is 12.5. The number of para-hydroxylation sites is 1. The van der Waals surface area contributed by atoms with Crippen LogP contribution in [-0.2, 0) is 6.54 Å². The summed E-state index contributed by atoms with van der Waals surface area (Å²) in [4.78, 5) is 14.5. The molecule has 3 nitrogen and oxygen atoms in total. The number of benzene rings is 2. The molecule has 0 unspecified atom stereocenters. The van der Waals surface area contributed by atoms with Crippen LogP contribution in [0.3, 0.4) is 0 Å². The van der Waals surface area contributed by atoms with Crippen LogP contribution in [0.2, 0.25) is 0 Å². The average molecular weight is 309 g/mol. The van der Waals surface area contributed by atoms with Crippen molar-refractivity contribution in [3.8, 4) is 0 Å². The highest BCUT2D eigenvalue weighted by atomic mass is 19.1. The normalized spacial score (nSPS) is 14.1. The molecule has 2 aromatic carbocycles. The SMILES string of the molecule is O=C(c1cc2ccccc2o1)N(Cc1ccccc1F)C1CC1. The van der Waals surface area contributed by atoms with Crippen molar-refractivity contribution >= 4 is 16.9 Å². The first kappa shape index (κ1) is 14.0. The number of fused-ring (bicyclic) bond motifs is 1. The molecule has 1 aliphatic carbocycles. The van der Waals surface area contributed by atoms with Crippen LogP contribution in [0.1, 0.15) is 29.0 Å². The topological polar surface area (TPSA) is 33.5 Å². The molecule has 0 saturated heterocycles. The summed E-state index contributed by atoms with van der Waals surface area (Å²) >= 11 is 0. The van der Waals surface area contributed by atoms with E-state index in [-0.39, 0.29) is 24.3 Å². The number of carbonyl (C=O) groups is 1. The van der Waals surface area contributed by atoms with Gasteiger partial charge in [-0.05, 0) is 31.0 Å². The Kier molecular flexibility index (Phi) is 3.37. The van der Waals surface area contributed by atoms with Crippen LogP contribution >= 0.6 is 0 Å². The van der Waals surface area contributed by atoms with Crippen molar-refractivity contribution in [2.45, 2.75) is 25.4 Å². The number of hydrogen-bond donors (Lipinski definition) is 0. The van der Waals surface area contributed by atoms with Gasteiger partial charge in [0, 0.05) is 23.5 Å². The molecule has 1 aromatic heterocycles. The predicted octanol–water partition coefficient (Wildman–Crippen LogP) is 4.38. The zero-order chi connectivity index (χ0) is 15.8. The maximum Gasteiger partial charge on any atom is 0.290 e. The lowest BCUT2D eigenvalue weighted by molar-refractivity contribution is 0.0698. The second-order valence-electron chi connectivity index (χ2n) is 5.90. The minimum Gasteiger partial charge on any atom is -0.451 e. The quantitative estimate of drug-likeness (QED) is 0.716. The van der Waals surface area contributed by atoms with Gasteiger partial charge in [0.2, 0.25) is 0 Å². The second-order valence-corrected chi connectivity index (χ2v) is 5.90. The van der Waals surface area contributed by atoms with Gasteiger partial charge in [-0.3, -0.25) is 4.79 Å². The summed E-state index contributed by atoms with van der Waals surface area (Å²) in [6, 6.07) is 16.0. The zero-order valence-corrected chi connectivity index (χ0v) is 12.5. The smallest absolute Gasteiger partial charge is 0.290 e. The van der Waals surface area contributed by atoms with Crippen LogP contribution in [-0.4, -0.2) is 16.8 Å². The number of nitrogens with zero attached hydrogens (tertiary/aromatic N) is 1. The van der Waals surface area contributed by atoms with Gasteiger partial charge in [0.25, 0.3) is 5.91 Å².